The molecule has 2 heterocycles. The summed E-state index contributed by atoms with van der Waals surface area (Å²) >= 11 is 1.64. The van der Waals surface area contributed by atoms with Gasteiger partial charge in [0, 0.05) is 25.0 Å². The second-order valence-corrected chi connectivity index (χ2v) is 4.82. The molecule has 0 N–H and O–H groups in total. The Kier molecular flexibility index (Phi) is 3.24. The van der Waals surface area contributed by atoms with Crippen molar-refractivity contribution in [1.29, 1.82) is 0 Å². The summed E-state index contributed by atoms with van der Waals surface area (Å²) in [6, 6.07) is 5.77. The lowest BCUT2D eigenvalue weighted by Gasteiger charge is -2.12. The average molecular weight is 246 g/mol. The van der Waals surface area contributed by atoms with E-state index in [1.54, 1.807) is 30.3 Å². The zero-order valence-electron chi connectivity index (χ0n) is 10.1. The molecule has 2 aromatic heterocycles. The van der Waals surface area contributed by atoms with E-state index in [0.29, 0.717) is 5.56 Å². The Bertz CT molecular complexity index is 532. The smallest absolute Gasteiger partial charge is 0.255 e. The van der Waals surface area contributed by atoms with Crippen molar-refractivity contribution in [3.63, 3.8) is 0 Å². The minimum Gasteiger partial charge on any atom is -0.345 e. The summed E-state index contributed by atoms with van der Waals surface area (Å²) < 4.78 is 0. The predicted molar refractivity (Wildman–Crippen MR) is 70.3 cm³/mol. The van der Waals surface area contributed by atoms with E-state index in [0.717, 1.165) is 17.0 Å². The van der Waals surface area contributed by atoms with Crippen molar-refractivity contribution in [1.82, 2.24) is 9.88 Å². The van der Waals surface area contributed by atoms with Gasteiger partial charge in [-0.1, -0.05) is 0 Å². The third kappa shape index (κ3) is 2.36. The fourth-order valence-electron chi connectivity index (χ4n) is 1.60. The predicted octanol–water partition coefficient (Wildman–Crippen LogP) is 2.82. The van der Waals surface area contributed by atoms with E-state index >= 15 is 0 Å². The summed E-state index contributed by atoms with van der Waals surface area (Å²) in [5.41, 5.74) is 3.45. The standard InChI is InChI=1S/C13H14N2OS/c1-9-11(13(16)15(2)3)4-5-12(14-9)10-6-7-17-8-10/h4-8H,1-3H3. The van der Waals surface area contributed by atoms with Crippen LogP contribution in [0.1, 0.15) is 16.1 Å². The molecule has 1 amide bonds. The molecule has 0 fully saturated rings. The molecule has 4 heteroatoms. The number of carbonyl (C=O) groups excluding carboxylic acids is 1. The molecule has 88 valence electrons. The van der Waals surface area contributed by atoms with E-state index in [9.17, 15) is 4.79 Å². The molecule has 0 atom stereocenters. The maximum atomic E-state index is 11.9. The van der Waals surface area contributed by atoms with E-state index in [2.05, 4.69) is 10.4 Å². The summed E-state index contributed by atoms with van der Waals surface area (Å²) in [4.78, 5) is 17.9. The number of carbonyl (C=O) groups is 1. The van der Waals surface area contributed by atoms with Crippen LogP contribution in [0.25, 0.3) is 11.3 Å². The van der Waals surface area contributed by atoms with Crippen LogP contribution < -0.4 is 0 Å². The van der Waals surface area contributed by atoms with Crippen molar-refractivity contribution in [2.45, 2.75) is 6.92 Å². The largest absolute Gasteiger partial charge is 0.345 e. The zero-order valence-corrected chi connectivity index (χ0v) is 10.9. The molecule has 0 aromatic carbocycles. The molecule has 0 saturated carbocycles. The Labute approximate surface area is 105 Å². The lowest BCUT2D eigenvalue weighted by Crippen LogP contribution is -2.22. The monoisotopic (exact) mass is 246 g/mol. The molecule has 2 rings (SSSR count). The van der Waals surface area contributed by atoms with Crippen LogP contribution in [0, 0.1) is 6.92 Å². The van der Waals surface area contributed by atoms with Crippen molar-refractivity contribution in [2.75, 3.05) is 14.1 Å². The Morgan fingerprint density at radius 2 is 2.06 bits per heavy atom. The first kappa shape index (κ1) is 11.8. The summed E-state index contributed by atoms with van der Waals surface area (Å²) in [6.07, 6.45) is 0. The van der Waals surface area contributed by atoms with Crippen LogP contribution in [0.2, 0.25) is 0 Å². The second kappa shape index (κ2) is 4.67. The van der Waals surface area contributed by atoms with Crippen LogP contribution in [0.15, 0.2) is 29.0 Å². The number of amides is 1. The summed E-state index contributed by atoms with van der Waals surface area (Å²) in [5.74, 6) is -0.00753. The molecule has 0 unspecified atom stereocenters. The van der Waals surface area contributed by atoms with Gasteiger partial charge in [0.15, 0.2) is 0 Å². The van der Waals surface area contributed by atoms with Crippen molar-refractivity contribution >= 4 is 17.2 Å². The highest BCUT2D eigenvalue weighted by molar-refractivity contribution is 7.08. The first-order valence-corrected chi connectivity index (χ1v) is 6.25. The van der Waals surface area contributed by atoms with Crippen molar-refractivity contribution in [2.24, 2.45) is 0 Å². The molecule has 0 spiro atoms. The molecule has 17 heavy (non-hydrogen) atoms. The number of hydrogen-bond donors (Lipinski definition) is 0. The molecule has 0 aliphatic rings. The summed E-state index contributed by atoms with van der Waals surface area (Å²) in [6.45, 7) is 1.87. The third-order valence-electron chi connectivity index (χ3n) is 2.54. The lowest BCUT2D eigenvalue weighted by atomic mass is 10.1. The first-order chi connectivity index (χ1) is 8.09. The van der Waals surface area contributed by atoms with Gasteiger partial charge in [-0.3, -0.25) is 9.78 Å². The highest BCUT2D eigenvalue weighted by Crippen LogP contribution is 2.21. The molecular formula is C13H14N2OS. The van der Waals surface area contributed by atoms with Crippen LogP contribution >= 0.6 is 11.3 Å². The Morgan fingerprint density at radius 1 is 1.29 bits per heavy atom. The normalized spacial score (nSPS) is 10.3. The number of pyridine rings is 1. The quantitative estimate of drug-likeness (QED) is 0.816. The maximum Gasteiger partial charge on any atom is 0.255 e. The van der Waals surface area contributed by atoms with Gasteiger partial charge in [-0.25, -0.2) is 0 Å². The van der Waals surface area contributed by atoms with Gasteiger partial charge in [0.1, 0.15) is 0 Å². The van der Waals surface area contributed by atoms with E-state index in [-0.39, 0.29) is 5.91 Å². The minimum absolute atomic E-state index is 0.00753. The van der Waals surface area contributed by atoms with Crippen LogP contribution in [0.5, 0.6) is 0 Å². The van der Waals surface area contributed by atoms with E-state index in [1.807, 2.05) is 30.5 Å². The van der Waals surface area contributed by atoms with Gasteiger partial charge in [0.25, 0.3) is 5.91 Å². The number of hydrogen-bond acceptors (Lipinski definition) is 3. The van der Waals surface area contributed by atoms with Crippen molar-refractivity contribution in [3.8, 4) is 11.3 Å². The van der Waals surface area contributed by atoms with Gasteiger partial charge in [0.2, 0.25) is 0 Å². The molecular weight excluding hydrogens is 232 g/mol. The molecule has 0 aliphatic carbocycles. The lowest BCUT2D eigenvalue weighted by molar-refractivity contribution is 0.0826. The number of nitrogens with zero attached hydrogens (tertiary/aromatic N) is 2. The number of aromatic nitrogens is 1. The van der Waals surface area contributed by atoms with Gasteiger partial charge in [-0.15, -0.1) is 0 Å². The van der Waals surface area contributed by atoms with Gasteiger partial charge in [-0.2, -0.15) is 11.3 Å². The molecule has 2 aromatic rings. The first-order valence-electron chi connectivity index (χ1n) is 5.31. The number of aryl methyl sites for hydroxylation is 1. The number of thiophene rings is 1. The summed E-state index contributed by atoms with van der Waals surface area (Å²) in [7, 11) is 3.49. The van der Waals surface area contributed by atoms with E-state index in [1.165, 1.54) is 0 Å². The van der Waals surface area contributed by atoms with Gasteiger partial charge < -0.3 is 4.90 Å². The highest BCUT2D eigenvalue weighted by atomic mass is 32.1. The molecule has 3 nitrogen and oxygen atoms in total. The van der Waals surface area contributed by atoms with Crippen LogP contribution in [0.4, 0.5) is 0 Å². The van der Waals surface area contributed by atoms with Crippen molar-refractivity contribution < 1.29 is 4.79 Å². The molecule has 0 aliphatic heterocycles. The van der Waals surface area contributed by atoms with E-state index in [4.69, 9.17) is 0 Å². The fraction of sp³-hybridized carbons (Fsp3) is 0.231. The minimum atomic E-state index is -0.00753. The Hall–Kier alpha value is -1.68. The van der Waals surface area contributed by atoms with Gasteiger partial charge in [0.05, 0.1) is 17.0 Å². The van der Waals surface area contributed by atoms with Gasteiger partial charge >= 0.3 is 0 Å². The zero-order chi connectivity index (χ0) is 12.4. The molecule has 0 bridgehead atoms. The van der Waals surface area contributed by atoms with Crippen LogP contribution in [-0.2, 0) is 0 Å². The highest BCUT2D eigenvalue weighted by Gasteiger charge is 2.12. The van der Waals surface area contributed by atoms with Gasteiger partial charge in [-0.05, 0) is 30.5 Å². The fourth-order valence-corrected chi connectivity index (χ4v) is 2.25. The van der Waals surface area contributed by atoms with Crippen molar-refractivity contribution in [3.05, 3.63) is 40.2 Å². The maximum absolute atomic E-state index is 11.9. The number of rotatable bonds is 2. The van der Waals surface area contributed by atoms with Crippen LogP contribution in [0.3, 0.4) is 0 Å². The molecule has 0 radical (unpaired) electrons. The third-order valence-corrected chi connectivity index (χ3v) is 3.22. The Balaban J connectivity index is 2.39. The molecule has 0 saturated heterocycles. The van der Waals surface area contributed by atoms with Crippen LogP contribution in [-0.4, -0.2) is 29.9 Å². The SMILES string of the molecule is Cc1nc(-c2ccsc2)ccc1C(=O)N(C)C. The van der Waals surface area contributed by atoms with E-state index < -0.39 is 0 Å². The Morgan fingerprint density at radius 3 is 2.59 bits per heavy atom. The summed E-state index contributed by atoms with van der Waals surface area (Å²) in [5, 5.41) is 4.07. The average Bonchev–Trinajstić information content (AvgIpc) is 2.81. The second-order valence-electron chi connectivity index (χ2n) is 4.04. The topological polar surface area (TPSA) is 33.2 Å².